The van der Waals surface area contributed by atoms with Gasteiger partial charge >= 0.3 is 4.87 Å². The third-order valence-corrected chi connectivity index (χ3v) is 8.89. The van der Waals surface area contributed by atoms with E-state index in [0.717, 1.165) is 23.0 Å². The second-order valence-electron chi connectivity index (χ2n) is 6.19. The van der Waals surface area contributed by atoms with Crippen LogP contribution in [0, 0.1) is 17.8 Å². The first-order chi connectivity index (χ1) is 9.81. The van der Waals surface area contributed by atoms with Crippen LogP contribution in [0.15, 0.2) is 27.3 Å². The summed E-state index contributed by atoms with van der Waals surface area (Å²) in [4.78, 5) is 17.8. The Labute approximate surface area is 129 Å². The molecule has 2 fully saturated rings. The largest absolute Gasteiger partial charge is 0.307 e. The van der Waals surface area contributed by atoms with E-state index in [0.29, 0.717) is 5.92 Å². The van der Waals surface area contributed by atoms with Gasteiger partial charge < -0.3 is 4.98 Å². The zero-order valence-electron chi connectivity index (χ0n) is 10.9. The van der Waals surface area contributed by atoms with Gasteiger partial charge in [-0.25, -0.2) is 0 Å². The Morgan fingerprint density at radius 2 is 2.15 bits per heavy atom. The van der Waals surface area contributed by atoms with Crippen LogP contribution in [0.25, 0.3) is 0 Å². The predicted molar refractivity (Wildman–Crippen MR) is 85.1 cm³/mol. The topological polar surface area (TPSA) is 32.9 Å². The van der Waals surface area contributed by atoms with Gasteiger partial charge in [0.05, 0.1) is 5.03 Å². The van der Waals surface area contributed by atoms with Crippen LogP contribution in [0.5, 0.6) is 0 Å². The molecule has 2 saturated carbocycles. The lowest BCUT2D eigenvalue weighted by Crippen LogP contribution is -2.33. The molecule has 104 valence electrons. The quantitative estimate of drug-likeness (QED) is 0.856. The number of thiophene rings is 1. The molecule has 3 heterocycles. The van der Waals surface area contributed by atoms with Crippen LogP contribution in [0.2, 0.25) is 0 Å². The molecule has 2 aliphatic carbocycles. The fourth-order valence-corrected chi connectivity index (χ4v) is 8.49. The van der Waals surface area contributed by atoms with E-state index in [1.54, 1.807) is 0 Å². The molecule has 3 aliphatic rings. The van der Waals surface area contributed by atoms with Crippen molar-refractivity contribution in [2.75, 3.05) is 0 Å². The number of aromatic amines is 1. The normalized spacial score (nSPS) is 37.9. The minimum absolute atomic E-state index is 0.122. The molecule has 0 unspecified atom stereocenters. The van der Waals surface area contributed by atoms with E-state index in [9.17, 15) is 4.79 Å². The molecule has 0 aromatic carbocycles. The highest BCUT2D eigenvalue weighted by molar-refractivity contribution is 8.00. The number of aromatic nitrogens is 1. The van der Waals surface area contributed by atoms with E-state index in [1.165, 1.54) is 45.4 Å². The van der Waals surface area contributed by atoms with E-state index < -0.39 is 0 Å². The number of nitrogens with one attached hydrogen (secondary N) is 1. The number of rotatable bonds is 1. The molecule has 5 heteroatoms. The summed E-state index contributed by atoms with van der Waals surface area (Å²) in [6.07, 6.45) is 4.23. The zero-order valence-corrected chi connectivity index (χ0v) is 13.3. The van der Waals surface area contributed by atoms with Crippen molar-refractivity contribution in [2.45, 2.75) is 35.5 Å². The second kappa shape index (κ2) is 4.24. The van der Waals surface area contributed by atoms with Gasteiger partial charge in [0.1, 0.15) is 0 Å². The Balaban J connectivity index is 1.71. The van der Waals surface area contributed by atoms with Crippen molar-refractivity contribution in [3.63, 3.8) is 0 Å². The van der Waals surface area contributed by atoms with Gasteiger partial charge in [-0.1, -0.05) is 17.4 Å². The number of hydrogen-bond donors (Lipinski definition) is 1. The minimum Gasteiger partial charge on any atom is -0.307 e. The fraction of sp³-hybridized carbons (Fsp3) is 0.533. The van der Waals surface area contributed by atoms with Crippen LogP contribution in [-0.2, 0) is 0 Å². The average molecular weight is 321 g/mol. The van der Waals surface area contributed by atoms with E-state index in [1.807, 2.05) is 23.1 Å². The van der Waals surface area contributed by atoms with Crippen molar-refractivity contribution in [2.24, 2.45) is 17.8 Å². The number of H-pyrrole nitrogens is 1. The van der Waals surface area contributed by atoms with Crippen LogP contribution >= 0.6 is 34.4 Å². The smallest absolute Gasteiger partial charge is 0.305 e. The number of fused-ring (bicyclic) bond motifs is 6. The highest BCUT2D eigenvalue weighted by Gasteiger charge is 2.54. The zero-order chi connectivity index (χ0) is 13.3. The lowest BCUT2D eigenvalue weighted by Gasteiger charge is -2.39. The van der Waals surface area contributed by atoms with Gasteiger partial charge in [0.15, 0.2) is 0 Å². The van der Waals surface area contributed by atoms with Crippen molar-refractivity contribution in [3.8, 4) is 0 Å². The molecule has 2 nitrogen and oxygen atoms in total. The third kappa shape index (κ3) is 1.54. The third-order valence-electron chi connectivity index (χ3n) is 5.32. The SMILES string of the molecule is O=c1[nH]c2c(s1)[C@H](c1cccs1)[C@H]1[C@H]3CC[C@@H](C3)[C@H]1S2. The van der Waals surface area contributed by atoms with Crippen LogP contribution in [0.3, 0.4) is 0 Å². The highest BCUT2D eigenvalue weighted by atomic mass is 32.2. The molecule has 0 saturated heterocycles. The number of thiazole rings is 1. The molecule has 1 aliphatic heterocycles. The summed E-state index contributed by atoms with van der Waals surface area (Å²) in [6.45, 7) is 0. The maximum atomic E-state index is 11.8. The molecule has 5 atom stereocenters. The Hall–Kier alpha value is -0.520. The summed E-state index contributed by atoms with van der Waals surface area (Å²) in [5, 5.41) is 4.08. The van der Waals surface area contributed by atoms with Crippen LogP contribution in [0.4, 0.5) is 0 Å². The maximum absolute atomic E-state index is 11.8. The Bertz CT molecular complexity index is 701. The lowest BCUT2D eigenvalue weighted by molar-refractivity contribution is 0.310. The van der Waals surface area contributed by atoms with Gasteiger partial charge in [0.2, 0.25) is 0 Å². The first-order valence-electron chi connectivity index (χ1n) is 7.24. The van der Waals surface area contributed by atoms with Gasteiger partial charge in [0.25, 0.3) is 0 Å². The van der Waals surface area contributed by atoms with Crippen molar-refractivity contribution >= 4 is 34.4 Å². The predicted octanol–water partition coefficient (Wildman–Crippen LogP) is 4.15. The number of thioether (sulfide) groups is 1. The molecule has 0 amide bonds. The van der Waals surface area contributed by atoms with Crippen LogP contribution in [0.1, 0.15) is 34.9 Å². The van der Waals surface area contributed by atoms with Gasteiger partial charge in [-0.05, 0) is 48.5 Å². The van der Waals surface area contributed by atoms with Gasteiger partial charge in [-0.3, -0.25) is 4.79 Å². The molecule has 1 N–H and O–H groups in total. The summed E-state index contributed by atoms with van der Waals surface area (Å²) in [5.74, 6) is 3.01. The van der Waals surface area contributed by atoms with Crippen molar-refractivity contribution in [1.29, 1.82) is 0 Å². The summed E-state index contributed by atoms with van der Waals surface area (Å²) in [5.41, 5.74) is 0. The first kappa shape index (κ1) is 12.1. The Morgan fingerprint density at radius 3 is 3.00 bits per heavy atom. The molecule has 2 aromatic rings. The van der Waals surface area contributed by atoms with Crippen molar-refractivity contribution in [1.82, 2.24) is 4.98 Å². The summed E-state index contributed by atoms with van der Waals surface area (Å²) in [7, 11) is 0. The van der Waals surface area contributed by atoms with Gasteiger partial charge in [0, 0.05) is 20.9 Å². The maximum Gasteiger partial charge on any atom is 0.305 e. The van der Waals surface area contributed by atoms with E-state index in [2.05, 4.69) is 22.5 Å². The van der Waals surface area contributed by atoms with Gasteiger partial charge in [-0.15, -0.1) is 23.1 Å². The van der Waals surface area contributed by atoms with Crippen molar-refractivity contribution < 1.29 is 0 Å². The summed E-state index contributed by atoms with van der Waals surface area (Å²) < 4.78 is 0. The van der Waals surface area contributed by atoms with E-state index in [4.69, 9.17) is 0 Å². The second-order valence-corrected chi connectivity index (χ2v) is 9.38. The lowest BCUT2D eigenvalue weighted by atomic mass is 9.77. The molecule has 0 spiro atoms. The Morgan fingerprint density at radius 1 is 1.25 bits per heavy atom. The minimum atomic E-state index is 0.122. The number of hydrogen-bond acceptors (Lipinski definition) is 4. The van der Waals surface area contributed by atoms with E-state index in [-0.39, 0.29) is 4.87 Å². The fourth-order valence-electron chi connectivity index (χ4n) is 4.64. The molecule has 2 aromatic heterocycles. The average Bonchev–Trinajstić information content (AvgIpc) is 3.19. The van der Waals surface area contributed by atoms with E-state index >= 15 is 0 Å². The molecular weight excluding hydrogens is 306 g/mol. The Kier molecular flexibility index (Phi) is 2.56. The molecule has 0 radical (unpaired) electrons. The summed E-state index contributed by atoms with van der Waals surface area (Å²) in [6, 6.07) is 4.42. The van der Waals surface area contributed by atoms with Crippen molar-refractivity contribution in [3.05, 3.63) is 36.9 Å². The molecule has 5 rings (SSSR count). The first-order valence-corrected chi connectivity index (χ1v) is 9.82. The molecule has 2 bridgehead atoms. The van der Waals surface area contributed by atoms with Gasteiger partial charge in [-0.2, -0.15) is 0 Å². The molecule has 20 heavy (non-hydrogen) atoms. The summed E-state index contributed by atoms with van der Waals surface area (Å²) >= 11 is 5.28. The standard InChI is InChI=1S/C15H15NOS3/c17-15-16-14-13(20-15)11(9-2-1-5-18-9)10-7-3-4-8(6-7)12(10)19-14/h1-2,5,7-8,10-12H,3-4,6H2,(H,16,17)/t7-,8-,10+,11+,12+/m0/s1. The van der Waals surface area contributed by atoms with Crippen LogP contribution in [-0.4, -0.2) is 10.2 Å². The monoisotopic (exact) mass is 321 g/mol. The molecular formula is C15H15NOS3. The van der Waals surface area contributed by atoms with Crippen LogP contribution < -0.4 is 4.87 Å². The highest BCUT2D eigenvalue weighted by Crippen LogP contribution is 2.63.